The number of rotatable bonds is 5. The Labute approximate surface area is 136 Å². The zero-order valence-corrected chi connectivity index (χ0v) is 13.6. The van der Waals surface area contributed by atoms with Gasteiger partial charge in [-0.1, -0.05) is 28.1 Å². The van der Waals surface area contributed by atoms with Crippen molar-refractivity contribution >= 4 is 39.3 Å². The summed E-state index contributed by atoms with van der Waals surface area (Å²) in [5.41, 5.74) is 1.05. The summed E-state index contributed by atoms with van der Waals surface area (Å²) in [5.74, 6) is 0.615. The van der Waals surface area contributed by atoms with Crippen molar-refractivity contribution in [2.24, 2.45) is 0 Å². The van der Waals surface area contributed by atoms with E-state index in [2.05, 4.69) is 27.3 Å². The van der Waals surface area contributed by atoms with Crippen molar-refractivity contribution in [2.75, 3.05) is 11.1 Å². The summed E-state index contributed by atoms with van der Waals surface area (Å²) in [6.45, 7) is 0. The van der Waals surface area contributed by atoms with E-state index >= 15 is 0 Å². The number of hydrogen-bond acceptors (Lipinski definition) is 3. The van der Waals surface area contributed by atoms with Gasteiger partial charge in [0, 0.05) is 21.5 Å². The summed E-state index contributed by atoms with van der Waals surface area (Å²) in [6, 6.07) is 17.0. The van der Waals surface area contributed by atoms with Crippen molar-refractivity contribution in [2.45, 2.75) is 11.3 Å². The lowest BCUT2D eigenvalue weighted by atomic mass is 10.2. The first-order chi connectivity index (χ1) is 10.2. The van der Waals surface area contributed by atoms with Gasteiger partial charge in [-0.25, -0.2) is 0 Å². The molecule has 0 spiro atoms. The molecule has 0 bridgehead atoms. The molecule has 0 aliphatic heterocycles. The number of thioether (sulfide) groups is 1. The number of hydrogen-bond donors (Lipinski definition) is 1. The van der Waals surface area contributed by atoms with Crippen LogP contribution < -0.4 is 5.32 Å². The average molecular weight is 361 g/mol. The van der Waals surface area contributed by atoms with Crippen LogP contribution in [0.1, 0.15) is 12.0 Å². The van der Waals surface area contributed by atoms with Gasteiger partial charge in [0.15, 0.2) is 0 Å². The van der Waals surface area contributed by atoms with Gasteiger partial charge < -0.3 is 5.32 Å². The highest BCUT2D eigenvalue weighted by molar-refractivity contribution is 9.10. The molecule has 0 aromatic heterocycles. The van der Waals surface area contributed by atoms with Gasteiger partial charge in [-0.15, -0.1) is 11.8 Å². The summed E-state index contributed by atoms with van der Waals surface area (Å²) in [6.07, 6.45) is 0.403. The molecule has 0 heterocycles. The molecular formula is C16H13BrN2OS. The van der Waals surface area contributed by atoms with E-state index in [0.29, 0.717) is 23.4 Å². The van der Waals surface area contributed by atoms with Crippen molar-refractivity contribution in [3.8, 4) is 6.07 Å². The lowest BCUT2D eigenvalue weighted by Crippen LogP contribution is -2.13. The number of carbonyl (C=O) groups excluding carboxylic acids is 1. The molecule has 0 atom stereocenters. The van der Waals surface area contributed by atoms with Crippen LogP contribution in [-0.4, -0.2) is 11.7 Å². The number of benzene rings is 2. The molecule has 0 aliphatic carbocycles. The third-order valence-corrected chi connectivity index (χ3v) is 4.28. The summed E-state index contributed by atoms with van der Waals surface area (Å²) in [4.78, 5) is 13.0. The maximum atomic E-state index is 11.9. The topological polar surface area (TPSA) is 52.9 Å². The Morgan fingerprint density at radius 1 is 1.19 bits per heavy atom. The van der Waals surface area contributed by atoms with Crippen LogP contribution in [0.3, 0.4) is 0 Å². The van der Waals surface area contributed by atoms with E-state index in [1.807, 2.05) is 24.3 Å². The van der Waals surface area contributed by atoms with Crippen LogP contribution in [0.4, 0.5) is 5.69 Å². The Balaban J connectivity index is 1.82. The van der Waals surface area contributed by atoms with Crippen LogP contribution in [0.15, 0.2) is 57.9 Å². The van der Waals surface area contributed by atoms with E-state index in [1.165, 1.54) is 0 Å². The van der Waals surface area contributed by atoms with Gasteiger partial charge in [0.05, 0.1) is 11.3 Å². The maximum Gasteiger partial charge on any atom is 0.225 e. The van der Waals surface area contributed by atoms with E-state index in [4.69, 9.17) is 5.26 Å². The van der Waals surface area contributed by atoms with E-state index in [9.17, 15) is 4.79 Å². The minimum Gasteiger partial charge on any atom is -0.325 e. The second-order valence-electron chi connectivity index (χ2n) is 4.26. The number of nitrogens with one attached hydrogen (secondary N) is 1. The smallest absolute Gasteiger partial charge is 0.225 e. The third kappa shape index (κ3) is 4.92. The van der Waals surface area contributed by atoms with Gasteiger partial charge in [0.25, 0.3) is 0 Å². The van der Waals surface area contributed by atoms with Crippen molar-refractivity contribution in [3.63, 3.8) is 0 Å². The van der Waals surface area contributed by atoms with Crippen LogP contribution in [0.5, 0.6) is 0 Å². The second-order valence-corrected chi connectivity index (χ2v) is 6.34. The van der Waals surface area contributed by atoms with Gasteiger partial charge in [-0.05, 0) is 36.4 Å². The number of nitriles is 1. The summed E-state index contributed by atoms with van der Waals surface area (Å²) >= 11 is 5.02. The highest BCUT2D eigenvalue weighted by atomic mass is 79.9. The predicted octanol–water partition coefficient (Wildman–Crippen LogP) is 4.44. The zero-order chi connectivity index (χ0) is 15.1. The number of nitrogens with zero attached hydrogens (tertiary/aromatic N) is 1. The standard InChI is InChI=1S/C16H13BrN2OS/c17-13-5-7-14(8-6-13)21-10-9-16(20)19-15-4-2-1-3-12(15)11-18/h1-8H,9-10H2,(H,19,20). The van der Waals surface area contributed by atoms with E-state index in [-0.39, 0.29) is 5.91 Å². The number of carbonyl (C=O) groups is 1. The van der Waals surface area contributed by atoms with Crippen LogP contribution >= 0.6 is 27.7 Å². The Hall–Kier alpha value is -1.77. The highest BCUT2D eigenvalue weighted by Crippen LogP contribution is 2.21. The summed E-state index contributed by atoms with van der Waals surface area (Å²) in [7, 11) is 0. The minimum absolute atomic E-state index is 0.0812. The van der Waals surface area contributed by atoms with Crippen molar-refractivity contribution in [3.05, 3.63) is 58.6 Å². The lowest BCUT2D eigenvalue weighted by molar-refractivity contribution is -0.115. The van der Waals surface area contributed by atoms with Crippen LogP contribution in [0.2, 0.25) is 0 Å². The fraction of sp³-hybridized carbons (Fsp3) is 0.125. The molecule has 1 N–H and O–H groups in total. The van der Waals surface area contributed by atoms with Crippen molar-refractivity contribution < 1.29 is 4.79 Å². The van der Waals surface area contributed by atoms with Crippen LogP contribution in [0, 0.1) is 11.3 Å². The third-order valence-electron chi connectivity index (χ3n) is 2.73. The molecule has 2 aromatic rings. The lowest BCUT2D eigenvalue weighted by Gasteiger charge is -2.06. The summed E-state index contributed by atoms with van der Waals surface area (Å²) < 4.78 is 1.04. The molecule has 21 heavy (non-hydrogen) atoms. The zero-order valence-electron chi connectivity index (χ0n) is 11.2. The average Bonchev–Trinajstić information content (AvgIpc) is 2.50. The second kappa shape index (κ2) is 7.87. The molecule has 5 heteroatoms. The molecule has 0 fully saturated rings. The van der Waals surface area contributed by atoms with Crippen molar-refractivity contribution in [1.29, 1.82) is 5.26 Å². The van der Waals surface area contributed by atoms with E-state index in [1.54, 1.807) is 36.0 Å². The molecule has 0 radical (unpaired) electrons. The molecule has 0 saturated heterocycles. The maximum absolute atomic E-state index is 11.9. The monoisotopic (exact) mass is 360 g/mol. The van der Waals surface area contributed by atoms with E-state index in [0.717, 1.165) is 9.37 Å². The normalized spacial score (nSPS) is 9.90. The number of para-hydroxylation sites is 1. The molecule has 2 aromatic carbocycles. The van der Waals surface area contributed by atoms with Gasteiger partial charge >= 0.3 is 0 Å². The Bertz CT molecular complexity index is 665. The largest absolute Gasteiger partial charge is 0.325 e. The Kier molecular flexibility index (Phi) is 5.85. The molecule has 3 nitrogen and oxygen atoms in total. The van der Waals surface area contributed by atoms with Crippen molar-refractivity contribution in [1.82, 2.24) is 0 Å². The molecule has 1 amide bonds. The van der Waals surface area contributed by atoms with Gasteiger partial charge in [0.2, 0.25) is 5.91 Å². The first-order valence-corrected chi connectivity index (χ1v) is 8.14. The minimum atomic E-state index is -0.0812. The number of halogens is 1. The molecular weight excluding hydrogens is 348 g/mol. The first kappa shape index (κ1) is 15.6. The molecule has 0 aliphatic rings. The number of anilines is 1. The fourth-order valence-electron chi connectivity index (χ4n) is 1.69. The van der Waals surface area contributed by atoms with Crippen LogP contribution in [-0.2, 0) is 4.79 Å². The molecule has 0 saturated carbocycles. The Morgan fingerprint density at radius 3 is 2.62 bits per heavy atom. The van der Waals surface area contributed by atoms with Gasteiger partial charge in [-0.2, -0.15) is 5.26 Å². The van der Waals surface area contributed by atoms with Gasteiger partial charge in [-0.3, -0.25) is 4.79 Å². The summed E-state index contributed by atoms with van der Waals surface area (Å²) in [5, 5.41) is 11.7. The fourth-order valence-corrected chi connectivity index (χ4v) is 2.81. The molecule has 2 rings (SSSR count). The predicted molar refractivity (Wildman–Crippen MR) is 89.3 cm³/mol. The SMILES string of the molecule is N#Cc1ccccc1NC(=O)CCSc1ccc(Br)cc1. The quantitative estimate of drug-likeness (QED) is 0.801. The number of amides is 1. The van der Waals surface area contributed by atoms with Crippen LogP contribution in [0.25, 0.3) is 0 Å². The highest BCUT2D eigenvalue weighted by Gasteiger charge is 2.06. The molecule has 106 valence electrons. The molecule has 0 unspecified atom stereocenters. The first-order valence-electron chi connectivity index (χ1n) is 6.36. The Morgan fingerprint density at radius 2 is 1.90 bits per heavy atom. The van der Waals surface area contributed by atoms with Gasteiger partial charge in [0.1, 0.15) is 6.07 Å². The van der Waals surface area contributed by atoms with E-state index < -0.39 is 0 Å².